The van der Waals surface area contributed by atoms with Crippen molar-refractivity contribution in [3.63, 3.8) is 0 Å². The van der Waals surface area contributed by atoms with E-state index in [2.05, 4.69) is 11.8 Å². The van der Waals surface area contributed by atoms with E-state index < -0.39 is 0 Å². The van der Waals surface area contributed by atoms with Gasteiger partial charge < -0.3 is 0 Å². The highest BCUT2D eigenvalue weighted by Gasteiger charge is 1.98. The van der Waals surface area contributed by atoms with Crippen molar-refractivity contribution < 1.29 is 0 Å². The topological polar surface area (TPSA) is 47.6 Å². The van der Waals surface area contributed by atoms with E-state index in [1.54, 1.807) is 24.3 Å². The minimum atomic E-state index is 0.423. The summed E-state index contributed by atoms with van der Waals surface area (Å²) in [6, 6.07) is 8.38. The van der Waals surface area contributed by atoms with Crippen molar-refractivity contribution in [3.05, 3.63) is 34.3 Å². The van der Waals surface area contributed by atoms with Gasteiger partial charge in [0.1, 0.15) is 6.07 Å². The summed E-state index contributed by atoms with van der Waals surface area (Å²) >= 11 is 5.69. The zero-order valence-corrected chi connectivity index (χ0v) is 7.26. The van der Waals surface area contributed by atoms with Crippen LogP contribution in [0.3, 0.4) is 0 Å². The van der Waals surface area contributed by atoms with E-state index >= 15 is 0 Å². The summed E-state index contributed by atoms with van der Waals surface area (Å²) in [5.41, 5.74) is 0.906. The number of nitriles is 2. The summed E-state index contributed by atoms with van der Waals surface area (Å²) in [5.74, 6) is 4.75. The minimum Gasteiger partial charge on any atom is -0.192 e. The van der Waals surface area contributed by atoms with Gasteiger partial charge in [-0.15, -0.1) is 0 Å². The van der Waals surface area contributed by atoms with Crippen LogP contribution in [-0.2, 0) is 0 Å². The average Bonchev–Trinajstić information content (AvgIpc) is 2.15. The summed E-state index contributed by atoms with van der Waals surface area (Å²) in [6.07, 6.45) is 0. The third kappa shape index (κ3) is 2.24. The maximum Gasteiger partial charge on any atom is 0.152 e. The van der Waals surface area contributed by atoms with Crippen LogP contribution in [0.1, 0.15) is 11.1 Å². The lowest BCUT2D eigenvalue weighted by molar-refractivity contribution is 1.47. The zero-order chi connectivity index (χ0) is 9.68. The number of nitrogens with zero attached hydrogens (tertiary/aromatic N) is 2. The molecule has 0 radical (unpaired) electrons. The predicted octanol–water partition coefficient (Wildman–Crippen LogP) is 2.09. The van der Waals surface area contributed by atoms with Gasteiger partial charge in [0.25, 0.3) is 0 Å². The van der Waals surface area contributed by atoms with Gasteiger partial charge in [-0.05, 0) is 24.1 Å². The Balaban J connectivity index is 3.28. The molecule has 0 bridgehead atoms. The first-order valence-electron chi connectivity index (χ1n) is 3.37. The first-order chi connectivity index (χ1) is 6.27. The Bertz CT molecular complexity index is 466. The van der Waals surface area contributed by atoms with Gasteiger partial charge in [0, 0.05) is 16.5 Å². The van der Waals surface area contributed by atoms with Gasteiger partial charge in [0.2, 0.25) is 0 Å². The molecule has 2 nitrogen and oxygen atoms in total. The lowest BCUT2D eigenvalue weighted by Crippen LogP contribution is -1.82. The Morgan fingerprint density at radius 3 is 2.54 bits per heavy atom. The quantitative estimate of drug-likeness (QED) is 0.583. The van der Waals surface area contributed by atoms with Gasteiger partial charge in [-0.25, -0.2) is 0 Å². The second kappa shape index (κ2) is 4.17. The molecule has 1 rings (SSSR count). The van der Waals surface area contributed by atoms with Crippen molar-refractivity contribution in [2.45, 2.75) is 0 Å². The molecule has 13 heavy (non-hydrogen) atoms. The van der Waals surface area contributed by atoms with E-state index in [1.165, 1.54) is 0 Å². The molecule has 1 aromatic carbocycles. The number of hydrogen-bond donors (Lipinski definition) is 0. The molecule has 0 heterocycles. The van der Waals surface area contributed by atoms with E-state index in [9.17, 15) is 0 Å². The van der Waals surface area contributed by atoms with Crippen LogP contribution in [0.15, 0.2) is 18.2 Å². The van der Waals surface area contributed by atoms with Gasteiger partial charge >= 0.3 is 0 Å². The van der Waals surface area contributed by atoms with E-state index in [1.807, 2.05) is 6.07 Å². The van der Waals surface area contributed by atoms with Crippen molar-refractivity contribution in [1.29, 1.82) is 10.5 Å². The predicted molar refractivity (Wildman–Crippen MR) is 48.7 cm³/mol. The van der Waals surface area contributed by atoms with E-state index in [0.29, 0.717) is 16.1 Å². The van der Waals surface area contributed by atoms with Gasteiger partial charge in [0.15, 0.2) is 6.07 Å². The molecule has 0 saturated carbocycles. The summed E-state index contributed by atoms with van der Waals surface area (Å²) in [7, 11) is 0. The lowest BCUT2D eigenvalue weighted by Gasteiger charge is -1.94. The summed E-state index contributed by atoms with van der Waals surface area (Å²) < 4.78 is 0. The Labute approximate surface area is 81.0 Å². The molecule has 0 amide bonds. The van der Waals surface area contributed by atoms with Crippen molar-refractivity contribution in [2.24, 2.45) is 0 Å². The van der Waals surface area contributed by atoms with Gasteiger partial charge in [-0.3, -0.25) is 0 Å². The van der Waals surface area contributed by atoms with Crippen LogP contribution in [0.2, 0.25) is 5.02 Å². The SMILES string of the molecule is N#CC#Cc1cc(Cl)ccc1C#N. The first kappa shape index (κ1) is 9.14. The molecule has 0 spiro atoms. The van der Waals surface area contributed by atoms with E-state index in [-0.39, 0.29) is 0 Å². The fourth-order valence-electron chi connectivity index (χ4n) is 0.813. The van der Waals surface area contributed by atoms with Crippen LogP contribution >= 0.6 is 11.6 Å². The molecule has 0 aromatic heterocycles. The molecular weight excluding hydrogens is 184 g/mol. The number of hydrogen-bond acceptors (Lipinski definition) is 2. The number of benzene rings is 1. The normalized spacial score (nSPS) is 7.62. The van der Waals surface area contributed by atoms with Crippen LogP contribution in [0.4, 0.5) is 0 Å². The smallest absolute Gasteiger partial charge is 0.152 e. The third-order valence-electron chi connectivity index (χ3n) is 1.36. The van der Waals surface area contributed by atoms with Crippen molar-refractivity contribution >= 4 is 11.6 Å². The molecule has 0 aliphatic rings. The lowest BCUT2D eigenvalue weighted by atomic mass is 10.1. The molecule has 0 atom stereocenters. The molecular formula is C10H3ClN2. The highest BCUT2D eigenvalue weighted by atomic mass is 35.5. The molecule has 0 N–H and O–H groups in total. The van der Waals surface area contributed by atoms with Crippen LogP contribution in [0.25, 0.3) is 0 Å². The molecule has 0 aliphatic heterocycles. The van der Waals surface area contributed by atoms with Crippen LogP contribution in [0.5, 0.6) is 0 Å². The summed E-state index contributed by atoms with van der Waals surface area (Å²) in [5, 5.41) is 17.4. The third-order valence-corrected chi connectivity index (χ3v) is 1.59. The molecule has 60 valence electrons. The second-order valence-corrected chi connectivity index (χ2v) is 2.60. The maximum atomic E-state index is 8.66. The Hall–Kier alpha value is -1.95. The molecule has 3 heteroatoms. The first-order valence-corrected chi connectivity index (χ1v) is 3.75. The highest BCUT2D eigenvalue weighted by Crippen LogP contribution is 2.14. The Morgan fingerprint density at radius 2 is 1.92 bits per heavy atom. The monoisotopic (exact) mass is 186 g/mol. The average molecular weight is 187 g/mol. The van der Waals surface area contributed by atoms with E-state index in [0.717, 1.165) is 0 Å². The minimum absolute atomic E-state index is 0.423. The molecule has 0 fully saturated rings. The highest BCUT2D eigenvalue weighted by molar-refractivity contribution is 6.30. The van der Waals surface area contributed by atoms with Crippen LogP contribution in [0, 0.1) is 34.5 Å². The molecule has 1 aromatic rings. The van der Waals surface area contributed by atoms with Crippen molar-refractivity contribution in [1.82, 2.24) is 0 Å². The van der Waals surface area contributed by atoms with Crippen molar-refractivity contribution in [3.8, 4) is 24.0 Å². The molecule has 0 aliphatic carbocycles. The summed E-state index contributed by atoms with van der Waals surface area (Å²) in [6.45, 7) is 0. The van der Waals surface area contributed by atoms with Gasteiger partial charge in [-0.2, -0.15) is 10.5 Å². The van der Waals surface area contributed by atoms with E-state index in [4.69, 9.17) is 22.1 Å². The van der Waals surface area contributed by atoms with Crippen LogP contribution < -0.4 is 0 Å². The summed E-state index contributed by atoms with van der Waals surface area (Å²) in [4.78, 5) is 0. The van der Waals surface area contributed by atoms with Crippen molar-refractivity contribution in [2.75, 3.05) is 0 Å². The van der Waals surface area contributed by atoms with Gasteiger partial charge in [0.05, 0.1) is 5.56 Å². The largest absolute Gasteiger partial charge is 0.192 e. The van der Waals surface area contributed by atoms with Gasteiger partial charge in [-0.1, -0.05) is 11.6 Å². The Kier molecular flexibility index (Phi) is 2.93. The standard InChI is InChI=1S/C10H3ClN2/c11-10-4-3-9(7-13)8(6-10)2-1-5-12/h3-4,6H. The second-order valence-electron chi connectivity index (χ2n) is 2.16. The zero-order valence-electron chi connectivity index (χ0n) is 6.50. The number of rotatable bonds is 0. The fraction of sp³-hybridized carbons (Fsp3) is 0. The maximum absolute atomic E-state index is 8.66. The Morgan fingerprint density at radius 1 is 1.15 bits per heavy atom. The fourth-order valence-corrected chi connectivity index (χ4v) is 0.985. The van der Waals surface area contributed by atoms with Crippen LogP contribution in [-0.4, -0.2) is 0 Å². The number of halogens is 1. The molecule has 0 unspecified atom stereocenters. The molecule has 0 saturated heterocycles.